The number of aromatic nitrogens is 2. The highest BCUT2D eigenvalue weighted by Gasteiger charge is 2.46. The zero-order valence-corrected chi connectivity index (χ0v) is 20.3. The molecule has 5 rings (SSSR count). The molecule has 1 fully saturated rings. The number of aryl methyl sites for hydroxylation is 1. The van der Waals surface area contributed by atoms with E-state index in [-0.39, 0.29) is 28.7 Å². The van der Waals surface area contributed by atoms with Gasteiger partial charge in [0, 0.05) is 29.3 Å². The fraction of sp³-hybridized carbons (Fsp3) is 0.308. The van der Waals surface area contributed by atoms with Gasteiger partial charge in [-0.05, 0) is 19.1 Å². The number of hydrogen-bond donors (Lipinski definition) is 4. The van der Waals surface area contributed by atoms with E-state index in [1.165, 1.54) is 26.2 Å². The van der Waals surface area contributed by atoms with Gasteiger partial charge in [0.25, 0.3) is 0 Å². The van der Waals surface area contributed by atoms with Gasteiger partial charge in [0.1, 0.15) is 48.2 Å². The van der Waals surface area contributed by atoms with Gasteiger partial charge in [0.05, 0.1) is 11.8 Å². The first kappa shape index (κ1) is 25.5. The van der Waals surface area contributed by atoms with Crippen molar-refractivity contribution in [3.63, 3.8) is 0 Å². The Morgan fingerprint density at radius 1 is 1.08 bits per heavy atom. The van der Waals surface area contributed by atoms with Crippen LogP contribution < -0.4 is 10.2 Å². The van der Waals surface area contributed by atoms with Crippen LogP contribution >= 0.6 is 0 Å². The molecule has 1 aliphatic rings. The van der Waals surface area contributed by atoms with Crippen LogP contribution in [-0.4, -0.2) is 74.4 Å². The number of aliphatic hydroxyl groups is 3. The van der Waals surface area contributed by atoms with Crippen LogP contribution in [0, 0.1) is 6.92 Å². The third kappa shape index (κ3) is 4.54. The molecule has 5 atom stereocenters. The maximum Gasteiger partial charge on any atom is 0.357 e. The summed E-state index contributed by atoms with van der Waals surface area (Å²) in [6.45, 7) is 2.23. The first-order valence-corrected chi connectivity index (χ1v) is 11.7. The van der Waals surface area contributed by atoms with Crippen LogP contribution in [0.25, 0.3) is 21.8 Å². The van der Waals surface area contributed by atoms with Crippen molar-refractivity contribution in [1.29, 1.82) is 0 Å². The number of ketones is 1. The second-order valence-electron chi connectivity index (χ2n) is 8.91. The number of nitrogens with zero attached hydrogens (tertiary/aromatic N) is 1. The minimum atomic E-state index is -1.74. The zero-order valence-electron chi connectivity index (χ0n) is 20.3. The standard InChI is InChI=1S/C26H24N2O10/c1-11(29)19-20-14(13-5-3-4-6-15(13)27-20)9-16(28-19)25(34)36-10-18-21(31)22(32)23(33)26(37-18)38-24-12(2)35-8-7-17(24)30/h3-9,18,21-23,26-27,31-33H,10H2,1-2H3. The first-order valence-electron chi connectivity index (χ1n) is 11.7. The summed E-state index contributed by atoms with van der Waals surface area (Å²) in [5.41, 5.74) is 0.608. The topological polar surface area (TPSA) is 181 Å². The molecule has 38 heavy (non-hydrogen) atoms. The van der Waals surface area contributed by atoms with Crippen LogP contribution in [0.1, 0.15) is 33.7 Å². The van der Waals surface area contributed by atoms with E-state index in [1.54, 1.807) is 0 Å². The zero-order chi connectivity index (χ0) is 27.1. The molecule has 0 aliphatic carbocycles. The van der Waals surface area contributed by atoms with Crippen LogP contribution in [0.3, 0.4) is 0 Å². The van der Waals surface area contributed by atoms with Crippen molar-refractivity contribution in [2.24, 2.45) is 0 Å². The summed E-state index contributed by atoms with van der Waals surface area (Å²) in [5.74, 6) is -1.41. The van der Waals surface area contributed by atoms with Crippen LogP contribution in [0.4, 0.5) is 0 Å². The van der Waals surface area contributed by atoms with Gasteiger partial charge >= 0.3 is 5.97 Å². The van der Waals surface area contributed by atoms with Gasteiger partial charge in [0.2, 0.25) is 17.5 Å². The Hall–Kier alpha value is -4.10. The number of aromatic amines is 1. The van der Waals surface area contributed by atoms with Gasteiger partial charge in [-0.2, -0.15) is 0 Å². The fourth-order valence-corrected chi connectivity index (χ4v) is 4.35. The lowest BCUT2D eigenvalue weighted by atomic mass is 9.99. The second-order valence-corrected chi connectivity index (χ2v) is 8.91. The number of fused-ring (bicyclic) bond motifs is 3. The van der Waals surface area contributed by atoms with E-state index >= 15 is 0 Å². The number of hydrogen-bond acceptors (Lipinski definition) is 11. The number of para-hydroxylation sites is 1. The SMILES string of the molecule is CC(=O)c1nc(C(=O)OCC2OC(Oc3c(C)occc3=O)C(O)C(O)C2O)cc2c1[nH]c1ccccc12. The van der Waals surface area contributed by atoms with Crippen molar-refractivity contribution in [2.75, 3.05) is 6.61 Å². The van der Waals surface area contributed by atoms with Crippen LogP contribution in [0.2, 0.25) is 0 Å². The smallest absolute Gasteiger partial charge is 0.357 e. The molecule has 198 valence electrons. The van der Waals surface area contributed by atoms with E-state index in [0.29, 0.717) is 10.9 Å². The molecule has 3 aromatic heterocycles. The molecule has 0 saturated carbocycles. The molecule has 1 aromatic carbocycles. The number of aliphatic hydroxyl groups excluding tert-OH is 3. The molecule has 5 unspecified atom stereocenters. The van der Waals surface area contributed by atoms with Crippen molar-refractivity contribution in [1.82, 2.24) is 9.97 Å². The van der Waals surface area contributed by atoms with Gasteiger partial charge < -0.3 is 38.9 Å². The number of carbonyl (C=O) groups is 2. The minimum absolute atomic E-state index is 0.0590. The van der Waals surface area contributed by atoms with Crippen molar-refractivity contribution >= 4 is 33.6 Å². The summed E-state index contributed by atoms with van der Waals surface area (Å²) in [5, 5.41) is 32.4. The monoisotopic (exact) mass is 524 g/mol. The van der Waals surface area contributed by atoms with Gasteiger partial charge in [-0.1, -0.05) is 18.2 Å². The highest BCUT2D eigenvalue weighted by atomic mass is 16.7. The van der Waals surface area contributed by atoms with Crippen molar-refractivity contribution in [2.45, 2.75) is 44.6 Å². The van der Waals surface area contributed by atoms with Crippen LogP contribution in [0.5, 0.6) is 5.75 Å². The Labute approximate surface area is 214 Å². The number of benzene rings is 1. The van der Waals surface area contributed by atoms with Gasteiger partial charge in [-0.3, -0.25) is 9.59 Å². The molecule has 4 heterocycles. The van der Waals surface area contributed by atoms with Crippen LogP contribution in [-0.2, 0) is 9.47 Å². The molecule has 0 amide bonds. The third-order valence-corrected chi connectivity index (χ3v) is 6.33. The molecule has 12 nitrogen and oxygen atoms in total. The van der Waals surface area contributed by atoms with Crippen molar-refractivity contribution < 1.29 is 43.5 Å². The minimum Gasteiger partial charge on any atom is -0.465 e. The average Bonchev–Trinajstić information content (AvgIpc) is 3.28. The Morgan fingerprint density at radius 3 is 2.58 bits per heavy atom. The number of H-pyrrole nitrogens is 1. The molecule has 0 radical (unpaired) electrons. The highest BCUT2D eigenvalue weighted by molar-refractivity contribution is 6.15. The first-order chi connectivity index (χ1) is 18.2. The average molecular weight is 524 g/mol. The Morgan fingerprint density at radius 2 is 1.84 bits per heavy atom. The van der Waals surface area contributed by atoms with Gasteiger partial charge in [0.15, 0.2) is 5.78 Å². The van der Waals surface area contributed by atoms with Crippen molar-refractivity contribution in [3.05, 3.63) is 70.0 Å². The summed E-state index contributed by atoms with van der Waals surface area (Å²) in [6, 6.07) is 9.91. The molecule has 1 aliphatic heterocycles. The lowest BCUT2D eigenvalue weighted by molar-refractivity contribution is -0.277. The van der Waals surface area contributed by atoms with E-state index < -0.39 is 48.7 Å². The summed E-state index contributed by atoms with van der Waals surface area (Å²) in [6.07, 6.45) is -6.85. The highest BCUT2D eigenvalue weighted by Crippen LogP contribution is 2.29. The molecule has 1 saturated heterocycles. The number of rotatable bonds is 6. The number of ether oxygens (including phenoxy) is 3. The van der Waals surface area contributed by atoms with Crippen molar-refractivity contribution in [3.8, 4) is 5.75 Å². The Bertz CT molecular complexity index is 1590. The number of carbonyl (C=O) groups excluding carboxylic acids is 2. The van der Waals surface area contributed by atoms with E-state index in [1.807, 2.05) is 24.3 Å². The number of nitrogens with one attached hydrogen (secondary N) is 1. The quantitative estimate of drug-likeness (QED) is 0.210. The van der Waals surface area contributed by atoms with Gasteiger partial charge in [-0.25, -0.2) is 9.78 Å². The largest absolute Gasteiger partial charge is 0.465 e. The molecule has 4 N–H and O–H groups in total. The Balaban J connectivity index is 1.37. The normalized spacial score (nSPS) is 23.4. The molecule has 0 spiro atoms. The lowest BCUT2D eigenvalue weighted by Gasteiger charge is -2.39. The summed E-state index contributed by atoms with van der Waals surface area (Å²) in [7, 11) is 0. The van der Waals surface area contributed by atoms with E-state index in [2.05, 4.69) is 9.97 Å². The fourth-order valence-electron chi connectivity index (χ4n) is 4.35. The van der Waals surface area contributed by atoms with Gasteiger partial charge in [-0.15, -0.1) is 0 Å². The van der Waals surface area contributed by atoms with Crippen LogP contribution in [0.15, 0.2) is 51.9 Å². The number of pyridine rings is 1. The van der Waals surface area contributed by atoms with E-state index in [4.69, 9.17) is 18.6 Å². The lowest BCUT2D eigenvalue weighted by Crippen LogP contribution is -2.60. The molecular formula is C26H24N2O10. The number of esters is 1. The van der Waals surface area contributed by atoms with E-state index in [9.17, 15) is 29.7 Å². The predicted molar refractivity (Wildman–Crippen MR) is 131 cm³/mol. The van der Waals surface area contributed by atoms with E-state index in [0.717, 1.165) is 17.0 Å². The summed E-state index contributed by atoms with van der Waals surface area (Å²) < 4.78 is 21.4. The molecular weight excluding hydrogens is 500 g/mol. The third-order valence-electron chi connectivity index (χ3n) is 6.33. The maximum absolute atomic E-state index is 12.9. The summed E-state index contributed by atoms with van der Waals surface area (Å²) >= 11 is 0. The number of Topliss-reactive ketones (excluding diaryl/α,β-unsaturated/α-hetero) is 1. The maximum atomic E-state index is 12.9. The second kappa shape index (κ2) is 9.99. The molecule has 0 bridgehead atoms. The predicted octanol–water partition coefficient (Wildman–Crippen LogP) is 1.22. The molecule has 4 aromatic rings. The molecule has 12 heteroatoms. The summed E-state index contributed by atoms with van der Waals surface area (Å²) in [4.78, 5) is 44.7. The Kier molecular flexibility index (Phi) is 6.71.